The Morgan fingerprint density at radius 1 is 1.04 bits per heavy atom. The number of allylic oxidation sites excluding steroid dienone is 1. The molecule has 0 spiro atoms. The monoisotopic (exact) mass is 678 g/mol. The number of rotatable bonds is 4. The lowest BCUT2D eigenvalue weighted by molar-refractivity contribution is -0.136. The van der Waals surface area contributed by atoms with Gasteiger partial charge in [0.25, 0.3) is 5.91 Å². The highest BCUT2D eigenvalue weighted by atomic mass is 35.5. The van der Waals surface area contributed by atoms with Crippen LogP contribution in [-0.2, 0) is 23.7 Å². The Balaban J connectivity index is 1.55. The van der Waals surface area contributed by atoms with Gasteiger partial charge in [-0.3, -0.25) is 9.80 Å². The second-order valence-corrected chi connectivity index (χ2v) is 14.5. The number of carbonyl (C=O) groups is 3. The van der Waals surface area contributed by atoms with Gasteiger partial charge in [0, 0.05) is 44.9 Å². The Morgan fingerprint density at radius 2 is 1.74 bits per heavy atom. The number of methoxy groups -OCH3 is 1. The Kier molecular flexibility index (Phi) is 9.74. The van der Waals surface area contributed by atoms with Crippen molar-refractivity contribution in [2.24, 2.45) is 0 Å². The SMILES string of the molecule is CO[C@H]1C[C@H](C)N(N2CC(c3c(F)cccc3OC(=O)OC(C)(C)C)=C(Cl)C3=C2C(=O)N2CCN(C(=O)OC(C)(C)C)C[C@@H]2CO3)C1. The zero-order valence-electron chi connectivity index (χ0n) is 28.2. The molecule has 0 unspecified atom stereocenters. The van der Waals surface area contributed by atoms with Crippen molar-refractivity contribution in [3.05, 3.63) is 46.1 Å². The molecule has 2 saturated heterocycles. The number of halogens is 2. The number of nitrogens with zero attached hydrogens (tertiary/aromatic N) is 4. The van der Waals surface area contributed by atoms with E-state index >= 15 is 4.39 Å². The molecule has 47 heavy (non-hydrogen) atoms. The molecule has 4 aliphatic heterocycles. The van der Waals surface area contributed by atoms with Gasteiger partial charge >= 0.3 is 12.2 Å². The van der Waals surface area contributed by atoms with Gasteiger partial charge in [-0.25, -0.2) is 19.0 Å². The predicted octanol–water partition coefficient (Wildman–Crippen LogP) is 5.12. The van der Waals surface area contributed by atoms with E-state index < -0.39 is 35.3 Å². The van der Waals surface area contributed by atoms with Crippen molar-refractivity contribution in [3.8, 4) is 5.75 Å². The quantitative estimate of drug-likeness (QED) is 0.315. The highest BCUT2D eigenvalue weighted by molar-refractivity contribution is 6.35. The maximum Gasteiger partial charge on any atom is 0.514 e. The van der Waals surface area contributed by atoms with Crippen LogP contribution in [0.2, 0.25) is 0 Å². The predicted molar refractivity (Wildman–Crippen MR) is 171 cm³/mol. The lowest BCUT2D eigenvalue weighted by atomic mass is 9.99. The van der Waals surface area contributed by atoms with E-state index in [1.165, 1.54) is 18.2 Å². The first-order valence-corrected chi connectivity index (χ1v) is 16.2. The molecule has 0 radical (unpaired) electrons. The fourth-order valence-electron chi connectivity index (χ4n) is 6.19. The molecule has 14 heteroatoms. The number of benzene rings is 1. The van der Waals surface area contributed by atoms with Gasteiger partial charge in [-0.15, -0.1) is 0 Å². The van der Waals surface area contributed by atoms with Crippen molar-refractivity contribution in [2.75, 3.05) is 46.4 Å². The molecule has 0 bridgehead atoms. The van der Waals surface area contributed by atoms with Gasteiger partial charge in [-0.05, 0) is 67.0 Å². The fraction of sp³-hybridized carbons (Fsp3) is 0.606. The van der Waals surface area contributed by atoms with Gasteiger partial charge in [0.15, 0.2) is 11.5 Å². The normalized spacial score (nSPS) is 24.1. The summed E-state index contributed by atoms with van der Waals surface area (Å²) < 4.78 is 44.2. The molecule has 0 saturated carbocycles. The van der Waals surface area contributed by atoms with Gasteiger partial charge in [0.1, 0.15) is 29.4 Å². The first-order chi connectivity index (χ1) is 22.0. The van der Waals surface area contributed by atoms with E-state index in [0.717, 1.165) is 0 Å². The van der Waals surface area contributed by atoms with E-state index in [4.69, 9.17) is 35.3 Å². The molecule has 0 N–H and O–H groups in total. The molecule has 4 heterocycles. The molecule has 4 aliphatic rings. The minimum atomic E-state index is -1.00. The van der Waals surface area contributed by atoms with Crippen LogP contribution in [0.1, 0.15) is 60.5 Å². The van der Waals surface area contributed by atoms with E-state index in [9.17, 15) is 14.4 Å². The van der Waals surface area contributed by atoms with Crippen LogP contribution in [0.5, 0.6) is 5.75 Å². The van der Waals surface area contributed by atoms with Crippen LogP contribution in [-0.4, -0.2) is 114 Å². The summed E-state index contributed by atoms with van der Waals surface area (Å²) in [6.07, 6.45) is -0.884. The third-order valence-corrected chi connectivity index (χ3v) is 8.67. The van der Waals surface area contributed by atoms with E-state index in [0.29, 0.717) is 13.0 Å². The number of fused-ring (bicyclic) bond motifs is 1. The zero-order chi connectivity index (χ0) is 34.4. The summed E-state index contributed by atoms with van der Waals surface area (Å²) in [5, 5.41) is 3.79. The largest absolute Gasteiger partial charge is 0.514 e. The molecule has 258 valence electrons. The van der Waals surface area contributed by atoms with Crippen LogP contribution in [0.4, 0.5) is 14.0 Å². The topological polar surface area (TPSA) is 110 Å². The van der Waals surface area contributed by atoms with Crippen LogP contribution >= 0.6 is 11.6 Å². The highest BCUT2D eigenvalue weighted by Gasteiger charge is 2.47. The summed E-state index contributed by atoms with van der Waals surface area (Å²) in [4.78, 5) is 43.3. The average Bonchev–Trinajstić information content (AvgIpc) is 3.27. The second kappa shape index (κ2) is 13.2. The van der Waals surface area contributed by atoms with Gasteiger partial charge in [-0.1, -0.05) is 17.7 Å². The van der Waals surface area contributed by atoms with E-state index in [1.54, 1.807) is 63.5 Å². The second-order valence-electron chi connectivity index (χ2n) is 14.2. The average molecular weight is 679 g/mol. The van der Waals surface area contributed by atoms with Crippen molar-refractivity contribution < 1.29 is 42.5 Å². The van der Waals surface area contributed by atoms with Gasteiger partial charge in [0.2, 0.25) is 0 Å². The fourth-order valence-corrected chi connectivity index (χ4v) is 6.49. The van der Waals surface area contributed by atoms with E-state index in [-0.39, 0.29) is 84.2 Å². The lowest BCUT2D eigenvalue weighted by Crippen LogP contribution is -2.59. The molecule has 2 fully saturated rings. The summed E-state index contributed by atoms with van der Waals surface area (Å²) in [6, 6.07) is 3.57. The standard InChI is InChI=1S/C33H44ClFN4O8/c1-19-14-21(43-8)16-38(19)39-17-22(25-23(35)10-9-11-24(25)45-31(42)47-33(5,6)7)26(34)28-27(39)29(40)37-13-12-36(15-20(37)18-44-28)30(41)46-32(2,3)4/h9-11,19-21H,12-18H2,1-8H3/t19-,20+,21-/m0/s1. The Hall–Kier alpha value is -3.55. The summed E-state index contributed by atoms with van der Waals surface area (Å²) >= 11 is 7.06. The minimum Gasteiger partial charge on any atom is -0.487 e. The molecule has 12 nitrogen and oxygen atoms in total. The number of piperazine rings is 1. The smallest absolute Gasteiger partial charge is 0.487 e. The summed E-state index contributed by atoms with van der Waals surface area (Å²) in [7, 11) is 1.64. The van der Waals surface area contributed by atoms with Crippen LogP contribution < -0.4 is 4.74 Å². The van der Waals surface area contributed by atoms with Crippen molar-refractivity contribution in [1.82, 2.24) is 19.8 Å². The number of carbonyl (C=O) groups excluding carboxylic acids is 3. The minimum absolute atomic E-state index is 0.0164. The number of amides is 2. The molecular formula is C33H44ClFN4O8. The van der Waals surface area contributed by atoms with Gasteiger partial charge in [-0.2, -0.15) is 0 Å². The first-order valence-electron chi connectivity index (χ1n) is 15.8. The maximum atomic E-state index is 15.8. The van der Waals surface area contributed by atoms with Crippen molar-refractivity contribution in [1.29, 1.82) is 0 Å². The summed E-state index contributed by atoms with van der Waals surface area (Å²) in [5.41, 5.74) is -1.10. The van der Waals surface area contributed by atoms with Crippen molar-refractivity contribution >= 4 is 35.3 Å². The molecule has 0 aliphatic carbocycles. The summed E-state index contributed by atoms with van der Waals surface area (Å²) in [6.45, 7) is 13.7. The van der Waals surface area contributed by atoms with Crippen molar-refractivity contribution in [3.63, 3.8) is 0 Å². The summed E-state index contributed by atoms with van der Waals surface area (Å²) in [5.74, 6) is -1.02. The highest BCUT2D eigenvalue weighted by Crippen LogP contribution is 2.44. The van der Waals surface area contributed by atoms with Crippen LogP contribution in [0.15, 0.2) is 34.7 Å². The van der Waals surface area contributed by atoms with Crippen LogP contribution in [0, 0.1) is 5.82 Å². The maximum absolute atomic E-state index is 15.8. The van der Waals surface area contributed by atoms with Crippen LogP contribution in [0.3, 0.4) is 0 Å². The molecular weight excluding hydrogens is 635 g/mol. The Bertz CT molecular complexity index is 1490. The number of hydrogen-bond acceptors (Lipinski definition) is 10. The molecule has 0 aromatic heterocycles. The van der Waals surface area contributed by atoms with E-state index in [2.05, 4.69) is 0 Å². The third kappa shape index (κ3) is 7.47. The number of ether oxygens (including phenoxy) is 5. The lowest BCUT2D eigenvalue weighted by Gasteiger charge is -2.43. The first kappa shape index (κ1) is 34.8. The number of hydrazine groups is 1. The zero-order valence-corrected chi connectivity index (χ0v) is 29.0. The van der Waals surface area contributed by atoms with Crippen LogP contribution in [0.25, 0.3) is 5.57 Å². The molecule has 5 rings (SSSR count). The van der Waals surface area contributed by atoms with E-state index in [1.807, 2.05) is 11.9 Å². The molecule has 2 amide bonds. The molecule has 1 aromatic rings. The van der Waals surface area contributed by atoms with Gasteiger partial charge < -0.3 is 33.5 Å². The Labute approximate surface area is 279 Å². The third-order valence-electron chi connectivity index (χ3n) is 8.27. The number of hydrogen-bond donors (Lipinski definition) is 0. The van der Waals surface area contributed by atoms with Gasteiger partial charge in [0.05, 0.1) is 29.3 Å². The van der Waals surface area contributed by atoms with Crippen molar-refractivity contribution in [2.45, 2.75) is 84.3 Å². The molecule has 3 atom stereocenters. The Morgan fingerprint density at radius 3 is 2.38 bits per heavy atom. The molecule has 1 aromatic carbocycles.